The zero-order valence-electron chi connectivity index (χ0n) is 11.4. The molecule has 5 heteroatoms. The van der Waals surface area contributed by atoms with Crippen LogP contribution in [0.3, 0.4) is 0 Å². The van der Waals surface area contributed by atoms with Gasteiger partial charge in [-0.3, -0.25) is 4.98 Å². The van der Waals surface area contributed by atoms with Gasteiger partial charge in [-0.05, 0) is 24.3 Å². The van der Waals surface area contributed by atoms with Crippen molar-refractivity contribution in [3.05, 3.63) is 48.8 Å². The van der Waals surface area contributed by atoms with Crippen LogP contribution in [0.5, 0.6) is 5.75 Å². The first-order chi connectivity index (χ1) is 10.3. The van der Waals surface area contributed by atoms with Crippen LogP contribution in [-0.2, 0) is 0 Å². The van der Waals surface area contributed by atoms with E-state index in [2.05, 4.69) is 19.9 Å². The summed E-state index contributed by atoms with van der Waals surface area (Å²) in [4.78, 5) is 16.7. The maximum Gasteiger partial charge on any atom is 0.160 e. The van der Waals surface area contributed by atoms with E-state index in [0.717, 1.165) is 33.4 Å². The molecule has 0 unspecified atom stereocenters. The summed E-state index contributed by atoms with van der Waals surface area (Å²) in [5.74, 6) is 1.45. The number of H-pyrrole nitrogens is 1. The molecule has 0 atom stereocenters. The third-order valence-electron chi connectivity index (χ3n) is 3.42. The Kier molecular flexibility index (Phi) is 2.57. The van der Waals surface area contributed by atoms with Crippen LogP contribution in [0, 0.1) is 0 Å². The van der Waals surface area contributed by atoms with E-state index >= 15 is 0 Å². The van der Waals surface area contributed by atoms with Crippen molar-refractivity contribution in [2.45, 2.75) is 0 Å². The van der Waals surface area contributed by atoms with E-state index in [-0.39, 0.29) is 0 Å². The highest BCUT2D eigenvalue weighted by atomic mass is 16.5. The van der Waals surface area contributed by atoms with Crippen molar-refractivity contribution in [2.75, 3.05) is 7.11 Å². The Labute approximate surface area is 120 Å². The SMILES string of the molecule is COc1cccc(-c2ncc3[nH]c4cccnc4c3n2)c1. The van der Waals surface area contributed by atoms with Crippen LogP contribution < -0.4 is 4.74 Å². The molecule has 1 N–H and O–H groups in total. The second kappa shape index (κ2) is 4.56. The number of ether oxygens (including phenoxy) is 1. The van der Waals surface area contributed by atoms with Crippen LogP contribution in [0.25, 0.3) is 33.5 Å². The number of nitrogens with zero attached hydrogens (tertiary/aromatic N) is 3. The Bertz CT molecular complexity index is 945. The largest absolute Gasteiger partial charge is 0.497 e. The van der Waals surface area contributed by atoms with Crippen molar-refractivity contribution in [3.63, 3.8) is 0 Å². The fourth-order valence-corrected chi connectivity index (χ4v) is 2.40. The average molecular weight is 276 g/mol. The van der Waals surface area contributed by atoms with E-state index in [1.807, 2.05) is 36.4 Å². The lowest BCUT2D eigenvalue weighted by molar-refractivity contribution is 0.415. The van der Waals surface area contributed by atoms with Crippen molar-refractivity contribution in [1.29, 1.82) is 0 Å². The molecular weight excluding hydrogens is 264 g/mol. The molecule has 0 aliphatic rings. The first-order valence-electron chi connectivity index (χ1n) is 6.59. The molecule has 4 aromatic rings. The Balaban J connectivity index is 1.95. The fourth-order valence-electron chi connectivity index (χ4n) is 2.40. The molecule has 0 aliphatic heterocycles. The van der Waals surface area contributed by atoms with Crippen molar-refractivity contribution >= 4 is 22.1 Å². The van der Waals surface area contributed by atoms with Crippen LogP contribution in [0.2, 0.25) is 0 Å². The lowest BCUT2D eigenvalue weighted by Crippen LogP contribution is -1.90. The van der Waals surface area contributed by atoms with E-state index in [4.69, 9.17) is 4.74 Å². The molecule has 0 saturated carbocycles. The molecule has 21 heavy (non-hydrogen) atoms. The molecule has 1 aromatic carbocycles. The summed E-state index contributed by atoms with van der Waals surface area (Å²) < 4.78 is 5.24. The highest BCUT2D eigenvalue weighted by Gasteiger charge is 2.09. The molecular formula is C16H12N4O. The number of benzene rings is 1. The van der Waals surface area contributed by atoms with E-state index < -0.39 is 0 Å². The number of methoxy groups -OCH3 is 1. The zero-order chi connectivity index (χ0) is 14.2. The van der Waals surface area contributed by atoms with Gasteiger partial charge >= 0.3 is 0 Å². The Hall–Kier alpha value is -2.95. The summed E-state index contributed by atoms with van der Waals surface area (Å²) in [6.07, 6.45) is 3.56. The highest BCUT2D eigenvalue weighted by molar-refractivity contribution is 6.02. The first kappa shape index (κ1) is 11.8. The van der Waals surface area contributed by atoms with Crippen molar-refractivity contribution in [2.24, 2.45) is 0 Å². The molecule has 0 spiro atoms. The summed E-state index contributed by atoms with van der Waals surface area (Å²) in [7, 11) is 1.65. The van der Waals surface area contributed by atoms with Crippen molar-refractivity contribution in [3.8, 4) is 17.1 Å². The number of hydrogen-bond acceptors (Lipinski definition) is 4. The Morgan fingerprint density at radius 2 is 1.95 bits per heavy atom. The van der Waals surface area contributed by atoms with Gasteiger partial charge in [-0.15, -0.1) is 0 Å². The molecule has 102 valence electrons. The summed E-state index contributed by atoms with van der Waals surface area (Å²) in [6.45, 7) is 0. The Morgan fingerprint density at radius 1 is 1.00 bits per heavy atom. The quantitative estimate of drug-likeness (QED) is 0.610. The van der Waals surface area contributed by atoms with Gasteiger partial charge in [0.2, 0.25) is 0 Å². The second-order valence-electron chi connectivity index (χ2n) is 4.71. The standard InChI is InChI=1S/C16H12N4O/c1-21-11-5-2-4-10(8-11)16-18-9-13-15(20-16)14-12(19-13)6-3-7-17-14/h2-9,19H,1H3. The van der Waals surface area contributed by atoms with Gasteiger partial charge < -0.3 is 9.72 Å². The molecule has 0 bridgehead atoms. The smallest absolute Gasteiger partial charge is 0.160 e. The first-order valence-corrected chi connectivity index (χ1v) is 6.59. The molecule has 3 aromatic heterocycles. The summed E-state index contributed by atoms with van der Waals surface area (Å²) in [5.41, 5.74) is 4.46. The van der Waals surface area contributed by atoms with E-state index in [9.17, 15) is 0 Å². The maximum atomic E-state index is 5.24. The number of pyridine rings is 1. The molecule has 5 nitrogen and oxygen atoms in total. The number of fused-ring (bicyclic) bond motifs is 3. The van der Waals surface area contributed by atoms with Gasteiger partial charge in [0.1, 0.15) is 16.8 Å². The van der Waals surface area contributed by atoms with Crippen LogP contribution in [0.15, 0.2) is 48.8 Å². The predicted molar refractivity (Wildman–Crippen MR) is 81.2 cm³/mol. The van der Waals surface area contributed by atoms with Gasteiger partial charge in [-0.25, -0.2) is 9.97 Å². The molecule has 0 aliphatic carbocycles. The molecule has 0 saturated heterocycles. The van der Waals surface area contributed by atoms with Gasteiger partial charge in [0.15, 0.2) is 5.82 Å². The van der Waals surface area contributed by atoms with E-state index in [1.54, 1.807) is 19.5 Å². The van der Waals surface area contributed by atoms with Gasteiger partial charge in [0.25, 0.3) is 0 Å². The number of aromatic amines is 1. The number of rotatable bonds is 2. The molecule has 0 radical (unpaired) electrons. The third-order valence-corrected chi connectivity index (χ3v) is 3.42. The van der Waals surface area contributed by atoms with Gasteiger partial charge in [-0.2, -0.15) is 0 Å². The summed E-state index contributed by atoms with van der Waals surface area (Å²) >= 11 is 0. The van der Waals surface area contributed by atoms with Crippen molar-refractivity contribution < 1.29 is 4.74 Å². The third kappa shape index (κ3) is 1.90. The topological polar surface area (TPSA) is 63.7 Å². The maximum absolute atomic E-state index is 5.24. The fraction of sp³-hybridized carbons (Fsp3) is 0.0625. The molecule has 4 rings (SSSR count). The number of nitrogens with one attached hydrogen (secondary N) is 1. The normalized spacial score (nSPS) is 11.1. The molecule has 0 fully saturated rings. The average Bonchev–Trinajstić information content (AvgIpc) is 2.92. The second-order valence-corrected chi connectivity index (χ2v) is 4.71. The van der Waals surface area contributed by atoms with Crippen LogP contribution >= 0.6 is 0 Å². The number of hydrogen-bond donors (Lipinski definition) is 1. The predicted octanol–water partition coefficient (Wildman–Crippen LogP) is 3.18. The lowest BCUT2D eigenvalue weighted by atomic mass is 10.2. The molecule has 3 heterocycles. The monoisotopic (exact) mass is 276 g/mol. The van der Waals surface area contributed by atoms with E-state index in [1.165, 1.54) is 0 Å². The summed E-state index contributed by atoms with van der Waals surface area (Å²) in [6, 6.07) is 11.6. The zero-order valence-corrected chi connectivity index (χ0v) is 11.4. The summed E-state index contributed by atoms with van der Waals surface area (Å²) in [5, 5.41) is 0. The van der Waals surface area contributed by atoms with Crippen LogP contribution in [0.1, 0.15) is 0 Å². The van der Waals surface area contributed by atoms with Gasteiger partial charge in [-0.1, -0.05) is 12.1 Å². The minimum Gasteiger partial charge on any atom is -0.497 e. The van der Waals surface area contributed by atoms with Gasteiger partial charge in [0, 0.05) is 11.8 Å². The minimum atomic E-state index is 0.660. The van der Waals surface area contributed by atoms with Gasteiger partial charge in [0.05, 0.1) is 24.3 Å². The minimum absolute atomic E-state index is 0.660. The number of aromatic nitrogens is 4. The van der Waals surface area contributed by atoms with Crippen LogP contribution in [0.4, 0.5) is 0 Å². The van der Waals surface area contributed by atoms with Crippen molar-refractivity contribution in [1.82, 2.24) is 19.9 Å². The lowest BCUT2D eigenvalue weighted by Gasteiger charge is -2.03. The Morgan fingerprint density at radius 3 is 2.86 bits per heavy atom. The highest BCUT2D eigenvalue weighted by Crippen LogP contribution is 2.25. The molecule has 0 amide bonds. The van der Waals surface area contributed by atoms with E-state index in [0.29, 0.717) is 5.82 Å². The van der Waals surface area contributed by atoms with Crippen LogP contribution in [-0.4, -0.2) is 27.0 Å².